The van der Waals surface area contributed by atoms with Gasteiger partial charge in [-0.2, -0.15) is 9.61 Å². The summed E-state index contributed by atoms with van der Waals surface area (Å²) in [5.74, 6) is 0.135. The van der Waals surface area contributed by atoms with E-state index in [2.05, 4.69) is 15.7 Å². The summed E-state index contributed by atoms with van der Waals surface area (Å²) < 4.78 is 7.09. The number of imide groups is 1. The van der Waals surface area contributed by atoms with Crippen molar-refractivity contribution in [2.24, 2.45) is 0 Å². The lowest BCUT2D eigenvalue weighted by Crippen LogP contribution is -2.45. The van der Waals surface area contributed by atoms with E-state index in [4.69, 9.17) is 9.72 Å². The number of ether oxygens (including phenoxy) is 1. The minimum Gasteiger partial charge on any atom is -0.383 e. The molecule has 6 rings (SSSR count). The molecule has 3 fully saturated rings. The summed E-state index contributed by atoms with van der Waals surface area (Å²) in [6.45, 7) is 1.28. The summed E-state index contributed by atoms with van der Waals surface area (Å²) in [4.78, 5) is 45.5. The van der Waals surface area contributed by atoms with Gasteiger partial charge in [0, 0.05) is 36.9 Å². The third-order valence-electron chi connectivity index (χ3n) is 6.97. The number of likely N-dealkylation sites (tertiary alicyclic amines) is 1. The molecule has 2 saturated heterocycles. The van der Waals surface area contributed by atoms with Crippen molar-refractivity contribution in [2.75, 3.05) is 25.6 Å². The molecule has 1 saturated carbocycles. The first-order valence-electron chi connectivity index (χ1n) is 12.6. The number of methoxy groups -OCH3 is 1. The summed E-state index contributed by atoms with van der Waals surface area (Å²) in [6, 6.07) is 6.25. The van der Waals surface area contributed by atoms with Crippen molar-refractivity contribution in [1.82, 2.24) is 24.8 Å². The van der Waals surface area contributed by atoms with Crippen LogP contribution in [0.4, 0.5) is 5.82 Å². The second-order valence-electron chi connectivity index (χ2n) is 9.77. The number of nitrogens with one attached hydrogen (secondary N) is 2. The molecule has 1 atom stereocenters. The third kappa shape index (κ3) is 4.76. The van der Waals surface area contributed by atoms with Gasteiger partial charge in [0.1, 0.15) is 5.82 Å². The van der Waals surface area contributed by atoms with E-state index in [1.165, 1.54) is 11.3 Å². The molecular weight excluding hydrogens is 492 g/mol. The second-order valence-corrected chi connectivity index (χ2v) is 10.9. The highest BCUT2D eigenvalue weighted by Gasteiger charge is 2.29. The molecule has 1 unspecified atom stereocenters. The number of hydrogen-bond acceptors (Lipinski definition) is 8. The summed E-state index contributed by atoms with van der Waals surface area (Å²) in [5.41, 5.74) is 2.35. The SMILES string of the molecule is COCC1CCCCN1C(=O)c1ccc(-c2cc(NC3CC3)n3ncc(/C=C4\CC(=O)NC4=O)c3n2)s1. The van der Waals surface area contributed by atoms with Gasteiger partial charge in [0.15, 0.2) is 5.65 Å². The van der Waals surface area contributed by atoms with Crippen LogP contribution < -0.4 is 10.6 Å². The first kappa shape index (κ1) is 23.8. The third-order valence-corrected chi connectivity index (χ3v) is 8.07. The minimum atomic E-state index is -0.386. The predicted octanol–water partition coefficient (Wildman–Crippen LogP) is 3.10. The quantitative estimate of drug-likeness (QED) is 0.363. The van der Waals surface area contributed by atoms with Gasteiger partial charge in [0.2, 0.25) is 5.91 Å². The van der Waals surface area contributed by atoms with E-state index >= 15 is 0 Å². The Bertz CT molecular complexity index is 1420. The normalized spacial score (nSPS) is 21.2. The van der Waals surface area contributed by atoms with Gasteiger partial charge < -0.3 is 15.0 Å². The van der Waals surface area contributed by atoms with Crippen LogP contribution in [-0.2, 0) is 14.3 Å². The van der Waals surface area contributed by atoms with Crippen molar-refractivity contribution >= 4 is 46.6 Å². The van der Waals surface area contributed by atoms with E-state index in [1.807, 2.05) is 23.1 Å². The Balaban J connectivity index is 1.35. The molecule has 0 aromatic carbocycles. The van der Waals surface area contributed by atoms with Gasteiger partial charge in [-0.05, 0) is 50.3 Å². The number of piperidine rings is 1. The van der Waals surface area contributed by atoms with Gasteiger partial charge in [-0.15, -0.1) is 11.3 Å². The Morgan fingerprint density at radius 3 is 2.89 bits per heavy atom. The Morgan fingerprint density at radius 2 is 2.14 bits per heavy atom. The molecule has 3 aliphatic rings. The lowest BCUT2D eigenvalue weighted by Gasteiger charge is -2.35. The fourth-order valence-corrected chi connectivity index (χ4v) is 5.84. The molecule has 3 aromatic heterocycles. The van der Waals surface area contributed by atoms with E-state index < -0.39 is 0 Å². The molecule has 0 bridgehead atoms. The Morgan fingerprint density at radius 1 is 1.27 bits per heavy atom. The van der Waals surface area contributed by atoms with Crippen LogP contribution in [0.5, 0.6) is 0 Å². The van der Waals surface area contributed by atoms with Crippen molar-refractivity contribution in [1.29, 1.82) is 0 Å². The molecule has 37 heavy (non-hydrogen) atoms. The average molecular weight is 521 g/mol. The first-order chi connectivity index (χ1) is 18.0. The molecular formula is C26H28N6O4S. The Kier molecular flexibility index (Phi) is 6.25. The van der Waals surface area contributed by atoms with Crippen molar-refractivity contribution in [2.45, 2.75) is 50.6 Å². The number of nitrogens with zero attached hydrogens (tertiary/aromatic N) is 4. The average Bonchev–Trinajstić information content (AvgIpc) is 3.26. The number of hydrogen-bond donors (Lipinski definition) is 2. The molecule has 2 aliphatic heterocycles. The van der Waals surface area contributed by atoms with Crippen molar-refractivity contribution in [3.8, 4) is 10.6 Å². The van der Waals surface area contributed by atoms with Gasteiger partial charge in [-0.1, -0.05) is 0 Å². The fraction of sp³-hybridized carbons (Fsp3) is 0.423. The maximum Gasteiger partial charge on any atom is 0.264 e. The molecule has 3 amide bonds. The molecule has 1 aliphatic carbocycles. The summed E-state index contributed by atoms with van der Waals surface area (Å²) in [6.07, 6.45) is 8.62. The molecule has 3 aromatic rings. The second kappa shape index (κ2) is 9.71. The van der Waals surface area contributed by atoms with Gasteiger partial charge in [0.05, 0.1) is 40.7 Å². The number of anilines is 1. The molecule has 192 valence electrons. The van der Waals surface area contributed by atoms with Crippen LogP contribution in [0.3, 0.4) is 0 Å². The lowest BCUT2D eigenvalue weighted by molar-refractivity contribution is -0.124. The topological polar surface area (TPSA) is 118 Å². The van der Waals surface area contributed by atoms with E-state index in [0.717, 1.165) is 55.0 Å². The van der Waals surface area contributed by atoms with Gasteiger partial charge >= 0.3 is 0 Å². The molecule has 0 radical (unpaired) electrons. The standard InChI is InChI=1S/C26H28N6O4S/c1-36-14-18-4-2-3-9-31(18)26(35)21-8-7-20(37-21)19-12-22(28-17-5-6-17)32-24(29-19)16(13-27-32)10-15-11-23(33)30-25(15)34/h7-8,10,12-13,17-18,28H,2-6,9,11,14H2,1H3,(H,30,33,34)/b15-10+. The summed E-state index contributed by atoms with van der Waals surface area (Å²) >= 11 is 1.43. The van der Waals surface area contributed by atoms with Crippen LogP contribution in [0.1, 0.15) is 53.8 Å². The molecule has 0 spiro atoms. The number of thiophene rings is 1. The van der Waals surface area contributed by atoms with Crippen LogP contribution in [0, 0.1) is 0 Å². The van der Waals surface area contributed by atoms with Crippen molar-refractivity contribution in [3.63, 3.8) is 0 Å². The number of fused-ring (bicyclic) bond motifs is 1. The van der Waals surface area contributed by atoms with Gasteiger partial charge in [-0.25, -0.2) is 4.98 Å². The summed E-state index contributed by atoms with van der Waals surface area (Å²) in [7, 11) is 1.67. The number of aromatic nitrogens is 3. The molecule has 2 N–H and O–H groups in total. The zero-order chi connectivity index (χ0) is 25.5. The maximum absolute atomic E-state index is 13.4. The highest BCUT2D eigenvalue weighted by molar-refractivity contribution is 7.17. The number of carbonyl (C=O) groups excluding carboxylic acids is 3. The van der Waals surface area contributed by atoms with E-state index in [9.17, 15) is 14.4 Å². The molecule has 10 nitrogen and oxygen atoms in total. The summed E-state index contributed by atoms with van der Waals surface area (Å²) in [5, 5.41) is 10.3. The van der Waals surface area contributed by atoms with E-state index in [1.54, 1.807) is 23.9 Å². The number of amides is 3. The van der Waals surface area contributed by atoms with Crippen LogP contribution in [0.25, 0.3) is 22.3 Å². The largest absolute Gasteiger partial charge is 0.383 e. The molecule has 11 heteroatoms. The van der Waals surface area contributed by atoms with Crippen molar-refractivity contribution in [3.05, 3.63) is 40.4 Å². The van der Waals surface area contributed by atoms with Crippen LogP contribution in [0.2, 0.25) is 0 Å². The van der Waals surface area contributed by atoms with E-state index in [-0.39, 0.29) is 30.2 Å². The van der Waals surface area contributed by atoms with Gasteiger partial charge in [0.25, 0.3) is 11.8 Å². The van der Waals surface area contributed by atoms with E-state index in [0.29, 0.717) is 34.3 Å². The smallest absolute Gasteiger partial charge is 0.264 e. The zero-order valence-electron chi connectivity index (χ0n) is 20.5. The fourth-order valence-electron chi connectivity index (χ4n) is 4.92. The monoisotopic (exact) mass is 520 g/mol. The first-order valence-corrected chi connectivity index (χ1v) is 13.4. The van der Waals surface area contributed by atoms with Crippen LogP contribution >= 0.6 is 11.3 Å². The van der Waals surface area contributed by atoms with Crippen molar-refractivity contribution < 1.29 is 19.1 Å². The maximum atomic E-state index is 13.4. The molecule has 5 heterocycles. The number of rotatable bonds is 7. The van der Waals surface area contributed by atoms with Gasteiger partial charge in [-0.3, -0.25) is 19.7 Å². The highest BCUT2D eigenvalue weighted by Crippen LogP contribution is 2.33. The van der Waals surface area contributed by atoms with Crippen LogP contribution in [0.15, 0.2) is 30.0 Å². The minimum absolute atomic E-state index is 0.0297. The highest BCUT2D eigenvalue weighted by atomic mass is 32.1. The Hall–Kier alpha value is -3.57. The zero-order valence-corrected chi connectivity index (χ0v) is 21.3. The lowest BCUT2D eigenvalue weighted by atomic mass is 10.0. The van der Waals surface area contributed by atoms with Crippen LogP contribution in [-0.4, -0.2) is 69.6 Å². The Labute approximate surface area is 217 Å². The predicted molar refractivity (Wildman–Crippen MR) is 139 cm³/mol. The number of carbonyl (C=O) groups is 3.